The van der Waals surface area contributed by atoms with Gasteiger partial charge >= 0.3 is 5.97 Å². The van der Waals surface area contributed by atoms with Crippen LogP contribution in [-0.2, 0) is 14.3 Å². The van der Waals surface area contributed by atoms with E-state index in [9.17, 15) is 35.4 Å². The Morgan fingerprint density at radius 1 is 0.844 bits per heavy atom. The van der Waals surface area contributed by atoms with E-state index in [1.807, 2.05) is 0 Å². The largest absolute Gasteiger partial charge is 0.432 e. The first-order valence-electron chi connectivity index (χ1n) is 17.4. The monoisotopic (exact) mass is 634 g/mol. The van der Waals surface area contributed by atoms with Crippen LogP contribution in [0.15, 0.2) is 11.6 Å². The molecule has 4 saturated carbocycles. The van der Waals surface area contributed by atoms with Gasteiger partial charge in [-0.25, -0.2) is 0 Å². The van der Waals surface area contributed by atoms with E-state index < -0.39 is 54.8 Å². The van der Waals surface area contributed by atoms with Crippen LogP contribution in [0.2, 0.25) is 0 Å². The summed E-state index contributed by atoms with van der Waals surface area (Å²) >= 11 is 0. The molecule has 1 heterocycles. The number of aliphatic hydroxyl groups excluding tert-OH is 6. The first-order valence-corrected chi connectivity index (χ1v) is 17.4. The number of ether oxygens (including phenoxy) is 2. The first kappa shape index (κ1) is 33.8. The second-order valence-corrected chi connectivity index (χ2v) is 18.0. The number of rotatable bonds is 3. The van der Waals surface area contributed by atoms with E-state index in [0.29, 0.717) is 37.5 Å². The molecule has 0 aromatic heterocycles. The summed E-state index contributed by atoms with van der Waals surface area (Å²) in [4.78, 5) is 14.4. The van der Waals surface area contributed by atoms with Gasteiger partial charge in [0, 0.05) is 0 Å². The SMILES string of the molecule is CC1(C)CC[C@]2(C(=O)O[C@H]3OC(CO)[C@H](O)C(O)C3O)C(O)C[C@]3(C)C(=CC[C@@H]4[C@@]5(C)CC[C@H](O)C(C)(C)[C@@H]5CC[C@]43C)[C@@H]2C1. The average molecular weight is 635 g/mol. The molecule has 0 spiro atoms. The summed E-state index contributed by atoms with van der Waals surface area (Å²) < 4.78 is 11.4. The minimum Gasteiger partial charge on any atom is -0.432 e. The number of aliphatic hydroxyl groups is 6. The number of carbonyl (C=O) groups is 1. The molecule has 9 nitrogen and oxygen atoms in total. The van der Waals surface area contributed by atoms with Crippen molar-refractivity contribution in [2.24, 2.45) is 50.2 Å². The van der Waals surface area contributed by atoms with Gasteiger partial charge in [-0.3, -0.25) is 4.79 Å². The van der Waals surface area contributed by atoms with Gasteiger partial charge in [0.1, 0.15) is 29.8 Å². The molecule has 0 bridgehead atoms. The number of hydrogen-bond donors (Lipinski definition) is 6. The topological polar surface area (TPSA) is 157 Å². The van der Waals surface area contributed by atoms with Crippen molar-refractivity contribution in [3.05, 3.63) is 11.6 Å². The van der Waals surface area contributed by atoms with Crippen molar-refractivity contribution in [2.75, 3.05) is 6.61 Å². The van der Waals surface area contributed by atoms with Crippen molar-refractivity contribution >= 4 is 5.97 Å². The minimum atomic E-state index is -1.70. The second kappa shape index (κ2) is 10.7. The third-order valence-electron chi connectivity index (χ3n) is 15.1. The Hall–Kier alpha value is -1.07. The van der Waals surface area contributed by atoms with E-state index in [1.54, 1.807) is 0 Å². The van der Waals surface area contributed by atoms with Gasteiger partial charge < -0.3 is 40.1 Å². The molecule has 5 aliphatic carbocycles. The van der Waals surface area contributed by atoms with Gasteiger partial charge in [-0.2, -0.15) is 0 Å². The molecule has 256 valence electrons. The highest BCUT2D eigenvalue weighted by Crippen LogP contribution is 2.75. The van der Waals surface area contributed by atoms with Crippen LogP contribution in [0, 0.1) is 50.2 Å². The maximum absolute atomic E-state index is 14.4. The van der Waals surface area contributed by atoms with E-state index in [2.05, 4.69) is 54.5 Å². The van der Waals surface area contributed by atoms with Gasteiger partial charge in [-0.1, -0.05) is 60.1 Å². The molecule has 9 heteroatoms. The van der Waals surface area contributed by atoms with Crippen molar-refractivity contribution in [1.82, 2.24) is 0 Å². The lowest BCUT2D eigenvalue weighted by Crippen LogP contribution is -2.68. The summed E-state index contributed by atoms with van der Waals surface area (Å²) in [6, 6.07) is 0. The van der Waals surface area contributed by atoms with E-state index >= 15 is 0 Å². The molecular weight excluding hydrogens is 576 g/mol. The zero-order valence-corrected chi connectivity index (χ0v) is 28.3. The van der Waals surface area contributed by atoms with Gasteiger partial charge in [-0.15, -0.1) is 0 Å². The summed E-state index contributed by atoms with van der Waals surface area (Å²) in [5.41, 5.74) is -0.661. The van der Waals surface area contributed by atoms with Crippen LogP contribution in [0.4, 0.5) is 0 Å². The van der Waals surface area contributed by atoms with E-state index in [1.165, 1.54) is 5.57 Å². The average Bonchev–Trinajstić information content (AvgIpc) is 2.95. The molecule has 0 amide bonds. The lowest BCUT2D eigenvalue weighted by Gasteiger charge is -2.71. The molecule has 6 rings (SSSR count). The van der Waals surface area contributed by atoms with Gasteiger partial charge in [-0.05, 0) is 103 Å². The lowest BCUT2D eigenvalue weighted by molar-refractivity contribution is -0.299. The van der Waals surface area contributed by atoms with Crippen molar-refractivity contribution < 1.29 is 44.9 Å². The Morgan fingerprint density at radius 2 is 1.53 bits per heavy atom. The van der Waals surface area contributed by atoms with Gasteiger partial charge in [0.15, 0.2) is 0 Å². The van der Waals surface area contributed by atoms with Crippen LogP contribution < -0.4 is 0 Å². The molecule has 1 aliphatic heterocycles. The zero-order valence-electron chi connectivity index (χ0n) is 28.3. The molecule has 45 heavy (non-hydrogen) atoms. The lowest BCUT2D eigenvalue weighted by atomic mass is 9.33. The number of carbonyl (C=O) groups excluding carboxylic acids is 1. The maximum Gasteiger partial charge on any atom is 0.317 e. The molecule has 4 unspecified atom stereocenters. The summed E-state index contributed by atoms with van der Waals surface area (Å²) in [5, 5.41) is 64.3. The Labute approximate surface area is 268 Å². The maximum atomic E-state index is 14.4. The molecule has 1 saturated heterocycles. The predicted molar refractivity (Wildman–Crippen MR) is 166 cm³/mol. The fraction of sp³-hybridized carbons (Fsp3) is 0.917. The molecular formula is C36H58O9. The Bertz CT molecular complexity index is 1210. The summed E-state index contributed by atoms with van der Waals surface area (Å²) in [6.45, 7) is 15.5. The molecule has 0 aromatic rings. The van der Waals surface area contributed by atoms with Crippen molar-refractivity contribution in [2.45, 2.75) is 149 Å². The van der Waals surface area contributed by atoms with Crippen molar-refractivity contribution in [3.8, 4) is 0 Å². The highest BCUT2D eigenvalue weighted by atomic mass is 16.7. The number of esters is 1. The second-order valence-electron chi connectivity index (χ2n) is 18.0. The van der Waals surface area contributed by atoms with E-state index in [-0.39, 0.29) is 39.1 Å². The Balaban J connectivity index is 1.38. The fourth-order valence-electron chi connectivity index (χ4n) is 12.1. The van der Waals surface area contributed by atoms with Gasteiger partial charge in [0.25, 0.3) is 0 Å². The van der Waals surface area contributed by atoms with Crippen molar-refractivity contribution in [3.63, 3.8) is 0 Å². The van der Waals surface area contributed by atoms with Crippen molar-refractivity contribution in [1.29, 1.82) is 0 Å². The summed E-state index contributed by atoms with van der Waals surface area (Å²) in [6.07, 6.45) is 0.341. The smallest absolute Gasteiger partial charge is 0.317 e. The van der Waals surface area contributed by atoms with E-state index in [0.717, 1.165) is 32.1 Å². The standard InChI is InChI=1S/C36H58O9/c1-31(2)14-15-36(30(43)45-29-28(42)27(41)26(40)21(18-37)44-29)20(16-31)19-8-9-23-33(5)12-11-24(38)32(3,4)22(33)10-13-34(23,6)35(19,7)17-25(36)39/h8,20-29,37-42H,9-18H2,1-7H3/t20-,21?,22-,23+,24-,25?,26-,27?,28?,29+,33-,34+,35+,36+/m0/s1. The van der Waals surface area contributed by atoms with Crippen LogP contribution >= 0.6 is 0 Å². The fourth-order valence-corrected chi connectivity index (χ4v) is 12.1. The third-order valence-corrected chi connectivity index (χ3v) is 15.1. The quantitative estimate of drug-likeness (QED) is 0.202. The van der Waals surface area contributed by atoms with Gasteiger partial charge in [0.05, 0.1) is 18.8 Å². The number of hydrogen-bond acceptors (Lipinski definition) is 9. The molecule has 6 aliphatic rings. The van der Waals surface area contributed by atoms with Crippen LogP contribution in [0.5, 0.6) is 0 Å². The number of fused-ring (bicyclic) bond motifs is 7. The van der Waals surface area contributed by atoms with E-state index in [4.69, 9.17) is 9.47 Å². The first-order chi connectivity index (χ1) is 20.8. The molecule has 5 fully saturated rings. The van der Waals surface area contributed by atoms with Gasteiger partial charge in [0.2, 0.25) is 6.29 Å². The highest BCUT2D eigenvalue weighted by Gasteiger charge is 2.71. The van der Waals surface area contributed by atoms with Crippen LogP contribution in [0.25, 0.3) is 0 Å². The molecule has 14 atom stereocenters. The molecule has 0 aromatic carbocycles. The Kier molecular flexibility index (Phi) is 8.05. The van der Waals surface area contributed by atoms with Crippen LogP contribution in [0.1, 0.15) is 106 Å². The molecule has 0 radical (unpaired) electrons. The normalized spacial score (nSPS) is 53.6. The highest BCUT2D eigenvalue weighted by molar-refractivity contribution is 5.80. The zero-order chi connectivity index (χ0) is 33.1. The number of allylic oxidation sites excluding steroid dienone is 2. The van der Waals surface area contributed by atoms with Crippen LogP contribution in [0.3, 0.4) is 0 Å². The Morgan fingerprint density at radius 3 is 2.20 bits per heavy atom. The molecule has 6 N–H and O–H groups in total. The third kappa shape index (κ3) is 4.54. The minimum absolute atomic E-state index is 0.0497. The van der Waals surface area contributed by atoms with Crippen LogP contribution in [-0.4, -0.2) is 86.1 Å². The summed E-state index contributed by atoms with van der Waals surface area (Å²) in [7, 11) is 0. The predicted octanol–water partition coefficient (Wildman–Crippen LogP) is 3.46. The summed E-state index contributed by atoms with van der Waals surface area (Å²) in [5.74, 6) is -0.157.